The topological polar surface area (TPSA) is 69.6 Å². The molecule has 0 aliphatic carbocycles. The number of ether oxygens (including phenoxy) is 1. The lowest BCUT2D eigenvalue weighted by Crippen LogP contribution is -2.23. The van der Waals surface area contributed by atoms with Crippen LogP contribution < -0.4 is 14.8 Å². The first-order chi connectivity index (χ1) is 16.7. The Kier molecular flexibility index (Phi) is 4.96. The van der Waals surface area contributed by atoms with Crippen molar-refractivity contribution >= 4 is 33.3 Å². The number of aromatic nitrogens is 3. The molecule has 0 fully saturated rings. The molecular formula is C27H19N3O3S. The number of aryl methyl sites for hydroxylation is 1. The van der Waals surface area contributed by atoms with E-state index >= 15 is 0 Å². The van der Waals surface area contributed by atoms with Gasteiger partial charge < -0.3 is 9.15 Å². The van der Waals surface area contributed by atoms with Crippen molar-refractivity contribution in [1.29, 1.82) is 0 Å². The molecule has 0 atom stereocenters. The van der Waals surface area contributed by atoms with Crippen LogP contribution in [0.2, 0.25) is 0 Å². The minimum atomic E-state index is -0.197. The highest BCUT2D eigenvalue weighted by Crippen LogP contribution is 2.31. The first-order valence-electron chi connectivity index (χ1n) is 10.8. The minimum Gasteiger partial charge on any atom is -0.489 e. The second kappa shape index (κ2) is 8.28. The highest BCUT2D eigenvalue weighted by Gasteiger charge is 2.18. The Morgan fingerprint density at radius 1 is 1.00 bits per heavy atom. The van der Waals surface area contributed by atoms with E-state index in [1.807, 2.05) is 91.9 Å². The van der Waals surface area contributed by atoms with Gasteiger partial charge in [-0.3, -0.25) is 4.79 Å². The molecule has 0 bridgehead atoms. The monoisotopic (exact) mass is 465 g/mol. The van der Waals surface area contributed by atoms with Crippen LogP contribution in [0.15, 0.2) is 88.1 Å². The van der Waals surface area contributed by atoms with Gasteiger partial charge in [-0.25, -0.2) is 0 Å². The molecule has 0 N–H and O–H groups in total. The molecule has 0 radical (unpaired) electrons. The van der Waals surface area contributed by atoms with Gasteiger partial charge in [-0.15, -0.1) is 5.10 Å². The van der Waals surface area contributed by atoms with Gasteiger partial charge in [0.15, 0.2) is 5.76 Å². The highest BCUT2D eigenvalue weighted by molar-refractivity contribution is 7.15. The maximum atomic E-state index is 12.9. The fourth-order valence-corrected chi connectivity index (χ4v) is 4.78. The predicted molar refractivity (Wildman–Crippen MR) is 133 cm³/mol. The Balaban J connectivity index is 1.27. The van der Waals surface area contributed by atoms with E-state index in [-0.39, 0.29) is 5.56 Å². The number of nitrogens with zero attached hydrogens (tertiary/aromatic N) is 3. The summed E-state index contributed by atoms with van der Waals surface area (Å²) in [5.41, 5.74) is 3.56. The molecule has 3 heterocycles. The highest BCUT2D eigenvalue weighted by atomic mass is 32.1. The van der Waals surface area contributed by atoms with E-state index in [0.29, 0.717) is 27.7 Å². The Morgan fingerprint density at radius 3 is 2.53 bits per heavy atom. The Hall–Kier alpha value is -4.23. The van der Waals surface area contributed by atoms with E-state index < -0.39 is 0 Å². The van der Waals surface area contributed by atoms with Gasteiger partial charge in [0.25, 0.3) is 5.56 Å². The Morgan fingerprint density at radius 2 is 1.76 bits per heavy atom. The summed E-state index contributed by atoms with van der Waals surface area (Å²) < 4.78 is 13.7. The van der Waals surface area contributed by atoms with Crippen molar-refractivity contribution in [1.82, 2.24) is 14.6 Å². The Bertz CT molecular complexity index is 1730. The maximum Gasteiger partial charge on any atom is 0.291 e. The van der Waals surface area contributed by atoms with Crippen molar-refractivity contribution in [2.75, 3.05) is 0 Å². The average Bonchev–Trinajstić information content (AvgIpc) is 3.52. The van der Waals surface area contributed by atoms with Crippen LogP contribution in [0.1, 0.15) is 16.7 Å². The van der Waals surface area contributed by atoms with Gasteiger partial charge in [0, 0.05) is 10.9 Å². The molecule has 6 rings (SSSR count). The van der Waals surface area contributed by atoms with E-state index in [2.05, 4.69) is 10.1 Å². The number of para-hydroxylation sites is 1. The van der Waals surface area contributed by atoms with Crippen LogP contribution in [0, 0.1) is 6.92 Å². The zero-order chi connectivity index (χ0) is 23.1. The lowest BCUT2D eigenvalue weighted by molar-refractivity contribution is 0.306. The van der Waals surface area contributed by atoms with Crippen LogP contribution in [0.5, 0.6) is 5.75 Å². The van der Waals surface area contributed by atoms with Crippen LogP contribution in [0.3, 0.4) is 0 Å². The lowest BCUT2D eigenvalue weighted by Gasteiger charge is -2.06. The van der Waals surface area contributed by atoms with Crippen molar-refractivity contribution < 1.29 is 9.15 Å². The molecule has 7 heteroatoms. The molecule has 3 aromatic carbocycles. The number of hydrogen-bond acceptors (Lipinski definition) is 6. The maximum absolute atomic E-state index is 12.9. The normalized spacial score (nSPS) is 12.1. The molecule has 0 unspecified atom stereocenters. The van der Waals surface area contributed by atoms with Crippen molar-refractivity contribution in [2.24, 2.45) is 0 Å². The average molecular weight is 466 g/mol. The molecule has 0 aliphatic heterocycles. The summed E-state index contributed by atoms with van der Waals surface area (Å²) in [5.74, 6) is 1.79. The third-order valence-electron chi connectivity index (χ3n) is 5.65. The molecular weight excluding hydrogens is 446 g/mol. The van der Waals surface area contributed by atoms with E-state index in [4.69, 9.17) is 9.15 Å². The van der Waals surface area contributed by atoms with Crippen molar-refractivity contribution in [3.8, 4) is 17.3 Å². The van der Waals surface area contributed by atoms with Gasteiger partial charge in [-0.1, -0.05) is 72.0 Å². The minimum absolute atomic E-state index is 0.197. The lowest BCUT2D eigenvalue weighted by atomic mass is 10.1. The summed E-state index contributed by atoms with van der Waals surface area (Å²) in [5, 5.41) is 5.45. The standard InChI is InChI=1S/C27H19N3O3S/c1-17-21-9-5-6-10-22(21)33-24(17)25-28-27-30(29-25)26(31)23(34-27)15-18-11-13-20(14-12-18)32-16-19-7-3-2-4-8-19/h2-15H,16H2,1H3/b23-15+. The van der Waals surface area contributed by atoms with Crippen molar-refractivity contribution in [2.45, 2.75) is 13.5 Å². The van der Waals surface area contributed by atoms with Gasteiger partial charge in [0.05, 0.1) is 4.53 Å². The number of benzene rings is 3. The van der Waals surface area contributed by atoms with Crippen molar-refractivity contribution in [3.63, 3.8) is 0 Å². The predicted octanol–water partition coefficient (Wildman–Crippen LogP) is 5.00. The summed E-state index contributed by atoms with van der Waals surface area (Å²) in [6.07, 6.45) is 1.84. The molecule has 0 aliphatic rings. The van der Waals surface area contributed by atoms with Gasteiger partial charge >= 0.3 is 0 Å². The van der Waals surface area contributed by atoms with Crippen LogP contribution >= 0.6 is 11.3 Å². The summed E-state index contributed by atoms with van der Waals surface area (Å²) >= 11 is 1.31. The van der Waals surface area contributed by atoms with E-state index in [9.17, 15) is 4.79 Å². The zero-order valence-corrected chi connectivity index (χ0v) is 19.1. The summed E-state index contributed by atoms with van der Waals surface area (Å²) in [6.45, 7) is 2.48. The fourth-order valence-electron chi connectivity index (χ4n) is 3.87. The second-order valence-electron chi connectivity index (χ2n) is 7.94. The summed E-state index contributed by atoms with van der Waals surface area (Å²) in [7, 11) is 0. The number of fused-ring (bicyclic) bond motifs is 2. The fraction of sp³-hybridized carbons (Fsp3) is 0.0741. The zero-order valence-electron chi connectivity index (χ0n) is 18.3. The molecule has 34 heavy (non-hydrogen) atoms. The number of hydrogen-bond donors (Lipinski definition) is 0. The van der Waals surface area contributed by atoms with Crippen LogP contribution in [-0.2, 0) is 6.61 Å². The summed E-state index contributed by atoms with van der Waals surface area (Å²) in [4.78, 5) is 18.0. The molecule has 166 valence electrons. The third kappa shape index (κ3) is 3.66. The molecule has 0 spiro atoms. The number of rotatable bonds is 5. The van der Waals surface area contributed by atoms with Crippen LogP contribution in [0.4, 0.5) is 0 Å². The molecule has 0 saturated heterocycles. The van der Waals surface area contributed by atoms with Crippen LogP contribution in [-0.4, -0.2) is 14.6 Å². The van der Waals surface area contributed by atoms with Crippen LogP contribution in [0.25, 0.3) is 33.6 Å². The van der Waals surface area contributed by atoms with E-state index in [0.717, 1.165) is 33.4 Å². The number of furan rings is 1. The van der Waals surface area contributed by atoms with Gasteiger partial charge in [0.2, 0.25) is 10.8 Å². The smallest absolute Gasteiger partial charge is 0.291 e. The first kappa shape index (κ1) is 20.4. The molecule has 3 aromatic heterocycles. The van der Waals surface area contributed by atoms with Gasteiger partial charge in [-0.05, 0) is 42.3 Å². The summed E-state index contributed by atoms with van der Waals surface area (Å²) in [6, 6.07) is 25.5. The largest absolute Gasteiger partial charge is 0.489 e. The first-order valence-corrected chi connectivity index (χ1v) is 11.6. The third-order valence-corrected chi connectivity index (χ3v) is 6.61. The quantitative estimate of drug-likeness (QED) is 0.358. The number of thiazole rings is 1. The van der Waals surface area contributed by atoms with Gasteiger partial charge in [0.1, 0.15) is 17.9 Å². The van der Waals surface area contributed by atoms with Gasteiger partial charge in [-0.2, -0.15) is 9.50 Å². The SMILES string of the molecule is Cc1c(-c2nc3s/c(=C/c4ccc(OCc5ccccc5)cc4)c(=O)n3n2)oc2ccccc12. The second-order valence-corrected chi connectivity index (χ2v) is 8.95. The molecule has 0 amide bonds. The van der Waals surface area contributed by atoms with E-state index in [1.165, 1.54) is 15.9 Å². The van der Waals surface area contributed by atoms with Crippen molar-refractivity contribution in [3.05, 3.63) is 110 Å². The molecule has 6 aromatic rings. The van der Waals surface area contributed by atoms with E-state index in [1.54, 1.807) is 0 Å². The molecule has 0 saturated carbocycles. The molecule has 6 nitrogen and oxygen atoms in total. The Labute approximate surface area is 198 Å².